The first kappa shape index (κ1) is 17.8. The second kappa shape index (κ2) is 7.21. The van der Waals surface area contributed by atoms with Crippen molar-refractivity contribution in [1.82, 2.24) is 20.9 Å². The van der Waals surface area contributed by atoms with Crippen LogP contribution < -0.4 is 16.0 Å². The monoisotopic (exact) mass is 370 g/mol. The molecule has 2 saturated heterocycles. The van der Waals surface area contributed by atoms with Gasteiger partial charge in [-0.05, 0) is 37.4 Å². The molecule has 0 aliphatic carbocycles. The molecule has 1 aromatic rings. The van der Waals surface area contributed by atoms with Crippen LogP contribution in [0.2, 0.25) is 0 Å². The average Bonchev–Trinajstić information content (AvgIpc) is 2.85. The van der Waals surface area contributed by atoms with E-state index in [1.165, 1.54) is 0 Å². The zero-order valence-electron chi connectivity index (χ0n) is 14.9. The normalized spacial score (nSPS) is 22.7. The van der Waals surface area contributed by atoms with E-state index < -0.39 is 23.8 Å². The van der Waals surface area contributed by atoms with E-state index in [4.69, 9.17) is 0 Å². The molecule has 1 aromatic carbocycles. The number of nitrogens with one attached hydrogen (secondary N) is 3. The number of hydrogen-bond donors (Lipinski definition) is 3. The van der Waals surface area contributed by atoms with Crippen molar-refractivity contribution >= 4 is 23.6 Å². The van der Waals surface area contributed by atoms with Gasteiger partial charge in [0.15, 0.2) is 0 Å². The summed E-state index contributed by atoms with van der Waals surface area (Å²) in [6.07, 6.45) is 1.83. The fraction of sp³-hybridized carbons (Fsp3) is 0.474. The Hall–Kier alpha value is -2.58. The molecule has 0 aromatic heterocycles. The van der Waals surface area contributed by atoms with Crippen molar-refractivity contribution in [2.45, 2.75) is 37.8 Å². The van der Waals surface area contributed by atoms with E-state index in [2.05, 4.69) is 16.0 Å². The Labute approximate surface area is 156 Å². The third kappa shape index (κ3) is 3.26. The van der Waals surface area contributed by atoms with Crippen molar-refractivity contribution in [2.75, 3.05) is 19.6 Å². The van der Waals surface area contributed by atoms with Gasteiger partial charge in [-0.3, -0.25) is 29.4 Å². The highest BCUT2D eigenvalue weighted by Crippen LogP contribution is 2.30. The van der Waals surface area contributed by atoms with Gasteiger partial charge in [-0.2, -0.15) is 0 Å². The number of aryl methyl sites for hydroxylation is 1. The van der Waals surface area contributed by atoms with E-state index in [0.29, 0.717) is 23.6 Å². The predicted octanol–water partition coefficient (Wildman–Crippen LogP) is -0.418. The molecule has 8 heteroatoms. The molecule has 4 rings (SSSR count). The first-order valence-corrected chi connectivity index (χ1v) is 9.34. The summed E-state index contributed by atoms with van der Waals surface area (Å²) in [5, 5.41) is 8.86. The van der Waals surface area contributed by atoms with Crippen LogP contribution in [0.15, 0.2) is 18.2 Å². The quantitative estimate of drug-likeness (QED) is 0.464. The Morgan fingerprint density at radius 3 is 2.63 bits per heavy atom. The van der Waals surface area contributed by atoms with E-state index in [9.17, 15) is 19.2 Å². The average molecular weight is 370 g/mol. The van der Waals surface area contributed by atoms with Crippen LogP contribution in [0.3, 0.4) is 0 Å². The van der Waals surface area contributed by atoms with Crippen LogP contribution in [0.1, 0.15) is 45.5 Å². The molecule has 1 atom stereocenters. The van der Waals surface area contributed by atoms with Gasteiger partial charge in [0.1, 0.15) is 6.04 Å². The Kier molecular flexibility index (Phi) is 4.75. The first-order chi connectivity index (χ1) is 13.1. The minimum atomic E-state index is -0.921. The molecule has 3 N–H and O–H groups in total. The third-order valence-corrected chi connectivity index (χ3v) is 5.39. The third-order valence-electron chi connectivity index (χ3n) is 5.39. The molecule has 0 spiro atoms. The molecular weight excluding hydrogens is 348 g/mol. The standard InChI is InChI=1S/C19H22N4O4/c24-15-7-6-14(17(25)22-15)23-18(26)13-5-1-3-11(16(13)19(23)27)4-2-8-21-12-9-20-10-12/h1,3,5,12,14,20-21H,2,4,6-10H2,(H,22,24,25). The van der Waals surface area contributed by atoms with E-state index in [0.717, 1.165) is 36.5 Å². The summed E-state index contributed by atoms with van der Waals surface area (Å²) in [5.41, 5.74) is 1.57. The van der Waals surface area contributed by atoms with Crippen LogP contribution in [0.4, 0.5) is 0 Å². The number of imide groups is 2. The molecule has 2 fully saturated rings. The van der Waals surface area contributed by atoms with Crippen LogP contribution in [0, 0.1) is 0 Å². The summed E-state index contributed by atoms with van der Waals surface area (Å²) in [6.45, 7) is 2.80. The van der Waals surface area contributed by atoms with Crippen molar-refractivity contribution in [3.8, 4) is 0 Å². The summed E-state index contributed by atoms with van der Waals surface area (Å²) in [7, 11) is 0. The molecule has 0 bridgehead atoms. The summed E-state index contributed by atoms with van der Waals surface area (Å²) in [6, 6.07) is 4.86. The minimum Gasteiger partial charge on any atom is -0.314 e. The van der Waals surface area contributed by atoms with Crippen molar-refractivity contribution in [1.29, 1.82) is 0 Å². The van der Waals surface area contributed by atoms with Gasteiger partial charge in [-0.1, -0.05) is 12.1 Å². The number of nitrogens with zero attached hydrogens (tertiary/aromatic N) is 1. The molecule has 142 valence electrons. The van der Waals surface area contributed by atoms with Crippen molar-refractivity contribution < 1.29 is 19.2 Å². The van der Waals surface area contributed by atoms with Gasteiger partial charge in [0, 0.05) is 25.6 Å². The Bertz CT molecular complexity index is 818. The minimum absolute atomic E-state index is 0.123. The summed E-state index contributed by atoms with van der Waals surface area (Å²) in [4.78, 5) is 50.3. The number of fused-ring (bicyclic) bond motifs is 1. The van der Waals surface area contributed by atoms with Crippen molar-refractivity contribution in [3.63, 3.8) is 0 Å². The fourth-order valence-corrected chi connectivity index (χ4v) is 3.81. The van der Waals surface area contributed by atoms with Crippen LogP contribution in [0.25, 0.3) is 0 Å². The van der Waals surface area contributed by atoms with Crippen molar-refractivity contribution in [3.05, 3.63) is 34.9 Å². The number of hydrogen-bond acceptors (Lipinski definition) is 6. The second-order valence-corrected chi connectivity index (χ2v) is 7.20. The fourth-order valence-electron chi connectivity index (χ4n) is 3.81. The van der Waals surface area contributed by atoms with Gasteiger partial charge in [-0.15, -0.1) is 0 Å². The maximum atomic E-state index is 13.0. The number of piperidine rings is 1. The zero-order chi connectivity index (χ0) is 19.0. The number of amides is 4. The molecule has 1 unspecified atom stereocenters. The second-order valence-electron chi connectivity index (χ2n) is 7.20. The largest absolute Gasteiger partial charge is 0.314 e. The smallest absolute Gasteiger partial charge is 0.262 e. The van der Waals surface area contributed by atoms with Crippen molar-refractivity contribution in [2.24, 2.45) is 0 Å². The SMILES string of the molecule is O=C1CCC(N2C(=O)c3cccc(CCCNC4CNC4)c3C2=O)C(=O)N1. The molecule has 8 nitrogen and oxygen atoms in total. The van der Waals surface area contributed by atoms with E-state index in [1.807, 2.05) is 6.07 Å². The van der Waals surface area contributed by atoms with E-state index >= 15 is 0 Å². The molecule has 3 aliphatic rings. The summed E-state index contributed by atoms with van der Waals surface area (Å²) in [5.74, 6) is -1.84. The summed E-state index contributed by atoms with van der Waals surface area (Å²) < 4.78 is 0. The molecule has 4 amide bonds. The first-order valence-electron chi connectivity index (χ1n) is 9.34. The highest BCUT2D eigenvalue weighted by Gasteiger charge is 2.45. The molecule has 0 saturated carbocycles. The van der Waals surface area contributed by atoms with Gasteiger partial charge < -0.3 is 10.6 Å². The Morgan fingerprint density at radius 1 is 1.11 bits per heavy atom. The number of carbonyl (C=O) groups excluding carboxylic acids is 4. The molecular formula is C19H22N4O4. The Balaban J connectivity index is 1.49. The lowest BCUT2D eigenvalue weighted by atomic mass is 9.99. The van der Waals surface area contributed by atoms with Crippen LogP contribution in [-0.2, 0) is 16.0 Å². The maximum Gasteiger partial charge on any atom is 0.262 e. The lowest BCUT2D eigenvalue weighted by Gasteiger charge is -2.28. The highest BCUT2D eigenvalue weighted by molar-refractivity contribution is 6.24. The van der Waals surface area contributed by atoms with Gasteiger partial charge >= 0.3 is 0 Å². The molecule has 3 aliphatic heterocycles. The van der Waals surface area contributed by atoms with Crippen LogP contribution >= 0.6 is 0 Å². The number of rotatable bonds is 6. The van der Waals surface area contributed by atoms with Crippen LogP contribution in [0.5, 0.6) is 0 Å². The highest BCUT2D eigenvalue weighted by atomic mass is 16.2. The Morgan fingerprint density at radius 2 is 1.93 bits per heavy atom. The molecule has 3 heterocycles. The van der Waals surface area contributed by atoms with E-state index in [-0.39, 0.29) is 18.7 Å². The number of benzene rings is 1. The van der Waals surface area contributed by atoms with Gasteiger partial charge in [0.05, 0.1) is 11.1 Å². The topological polar surface area (TPSA) is 108 Å². The number of carbonyl (C=O) groups is 4. The summed E-state index contributed by atoms with van der Waals surface area (Å²) >= 11 is 0. The lowest BCUT2D eigenvalue weighted by molar-refractivity contribution is -0.136. The maximum absolute atomic E-state index is 13.0. The van der Waals surface area contributed by atoms with Crippen LogP contribution in [-0.4, -0.2) is 60.2 Å². The van der Waals surface area contributed by atoms with Gasteiger partial charge in [0.2, 0.25) is 11.8 Å². The van der Waals surface area contributed by atoms with E-state index in [1.54, 1.807) is 12.1 Å². The van der Waals surface area contributed by atoms with Gasteiger partial charge in [0.25, 0.3) is 11.8 Å². The van der Waals surface area contributed by atoms with Gasteiger partial charge in [-0.25, -0.2) is 0 Å². The lowest BCUT2D eigenvalue weighted by Crippen LogP contribution is -2.55. The zero-order valence-corrected chi connectivity index (χ0v) is 14.9. The molecule has 0 radical (unpaired) electrons. The predicted molar refractivity (Wildman–Crippen MR) is 96.1 cm³/mol. The molecule has 27 heavy (non-hydrogen) atoms.